The molecule has 0 saturated carbocycles. The average Bonchev–Trinajstić information content (AvgIpc) is 3.06. The van der Waals surface area contributed by atoms with Crippen molar-refractivity contribution in [1.29, 1.82) is 0 Å². The lowest BCUT2D eigenvalue weighted by molar-refractivity contribution is -0.142. The molecule has 2 atom stereocenters. The van der Waals surface area contributed by atoms with E-state index in [0.717, 1.165) is 10.7 Å². The van der Waals surface area contributed by atoms with Crippen LogP contribution in [0.4, 0.5) is 0 Å². The fraction of sp³-hybridized carbons (Fsp3) is 0.615. The molecule has 1 aliphatic rings. The summed E-state index contributed by atoms with van der Waals surface area (Å²) in [5.41, 5.74) is 0.952. The Labute approximate surface area is 117 Å². The van der Waals surface area contributed by atoms with Crippen molar-refractivity contribution in [1.82, 2.24) is 9.88 Å². The first-order valence-electron chi connectivity index (χ1n) is 6.39. The molecule has 0 saturated heterocycles. The van der Waals surface area contributed by atoms with Crippen molar-refractivity contribution in [2.24, 2.45) is 11.1 Å². The van der Waals surface area contributed by atoms with Gasteiger partial charge in [0.25, 0.3) is 5.91 Å². The molecule has 0 spiro atoms. The molecule has 0 fully saturated rings. The number of amides is 1. The second kappa shape index (κ2) is 5.69. The number of aromatic nitrogens is 1. The van der Waals surface area contributed by atoms with Gasteiger partial charge in [0.05, 0.1) is 11.8 Å². The van der Waals surface area contributed by atoms with Gasteiger partial charge in [-0.15, -0.1) is 11.3 Å². The summed E-state index contributed by atoms with van der Waals surface area (Å²) in [4.78, 5) is 23.5. The van der Waals surface area contributed by atoms with Gasteiger partial charge in [0, 0.05) is 25.0 Å². The number of hydrogen-bond donors (Lipinski definition) is 0. The van der Waals surface area contributed by atoms with Gasteiger partial charge < -0.3 is 9.74 Å². The largest absolute Gasteiger partial charge is 0.382 e. The van der Waals surface area contributed by atoms with E-state index in [9.17, 15) is 4.79 Å². The summed E-state index contributed by atoms with van der Waals surface area (Å²) < 4.78 is 0. The molecule has 2 heterocycles. The van der Waals surface area contributed by atoms with Crippen LogP contribution in [-0.2, 0) is 9.63 Å². The van der Waals surface area contributed by atoms with E-state index in [1.165, 1.54) is 0 Å². The third-order valence-electron chi connectivity index (χ3n) is 3.37. The van der Waals surface area contributed by atoms with Crippen LogP contribution in [0.15, 0.2) is 16.7 Å². The van der Waals surface area contributed by atoms with E-state index in [1.54, 1.807) is 29.5 Å². The van der Waals surface area contributed by atoms with Crippen LogP contribution in [0.2, 0.25) is 0 Å². The molecule has 6 heteroatoms. The second-order valence-electron chi connectivity index (χ2n) is 5.03. The molecule has 0 aliphatic carbocycles. The van der Waals surface area contributed by atoms with E-state index >= 15 is 0 Å². The Morgan fingerprint density at radius 3 is 2.79 bits per heavy atom. The molecule has 0 radical (unpaired) electrons. The number of oxime groups is 1. The summed E-state index contributed by atoms with van der Waals surface area (Å²) in [7, 11) is 1.78. The predicted octanol–water partition coefficient (Wildman–Crippen LogP) is 2.46. The molecule has 0 bridgehead atoms. The minimum Gasteiger partial charge on any atom is -0.382 e. The normalized spacial score (nSPS) is 20.1. The highest BCUT2D eigenvalue weighted by atomic mass is 32.1. The SMILES string of the molecule is CC(C)C1=NOC(C(=O)N(C)C(C)c2nccs2)C1. The van der Waals surface area contributed by atoms with E-state index in [1.807, 2.05) is 12.3 Å². The average molecular weight is 281 g/mol. The molecule has 5 nitrogen and oxygen atoms in total. The summed E-state index contributed by atoms with van der Waals surface area (Å²) >= 11 is 1.55. The highest BCUT2D eigenvalue weighted by Gasteiger charge is 2.33. The van der Waals surface area contributed by atoms with Gasteiger partial charge in [0.1, 0.15) is 5.01 Å². The van der Waals surface area contributed by atoms with Gasteiger partial charge in [-0.3, -0.25) is 4.79 Å². The molecule has 1 aromatic heterocycles. The molecule has 2 rings (SSSR count). The van der Waals surface area contributed by atoms with Crippen LogP contribution >= 0.6 is 11.3 Å². The van der Waals surface area contributed by atoms with Crippen molar-refractivity contribution >= 4 is 23.0 Å². The van der Waals surface area contributed by atoms with Crippen molar-refractivity contribution in [3.05, 3.63) is 16.6 Å². The number of rotatable bonds is 4. The van der Waals surface area contributed by atoms with Gasteiger partial charge in [0.2, 0.25) is 6.10 Å². The zero-order valence-electron chi connectivity index (χ0n) is 11.7. The summed E-state index contributed by atoms with van der Waals surface area (Å²) in [5, 5.41) is 6.84. The summed E-state index contributed by atoms with van der Waals surface area (Å²) in [5.74, 6) is 0.279. The number of carbonyl (C=O) groups excluding carboxylic acids is 1. The van der Waals surface area contributed by atoms with Gasteiger partial charge in [-0.1, -0.05) is 19.0 Å². The fourth-order valence-electron chi connectivity index (χ4n) is 1.89. The highest BCUT2D eigenvalue weighted by Crippen LogP contribution is 2.24. The molecular formula is C13H19N3O2S. The van der Waals surface area contributed by atoms with E-state index in [-0.39, 0.29) is 11.9 Å². The maximum Gasteiger partial charge on any atom is 0.267 e. The number of hydrogen-bond acceptors (Lipinski definition) is 5. The third-order valence-corrected chi connectivity index (χ3v) is 4.32. The van der Waals surface area contributed by atoms with Gasteiger partial charge in [-0.25, -0.2) is 4.98 Å². The molecule has 1 aliphatic heterocycles. The molecule has 1 amide bonds. The van der Waals surface area contributed by atoms with Crippen LogP contribution in [0.5, 0.6) is 0 Å². The number of thiazole rings is 1. The Hall–Kier alpha value is -1.43. The fourth-order valence-corrected chi connectivity index (χ4v) is 2.63. The maximum absolute atomic E-state index is 12.4. The number of nitrogens with zero attached hydrogens (tertiary/aromatic N) is 3. The summed E-state index contributed by atoms with van der Waals surface area (Å²) in [6.07, 6.45) is 1.86. The minimum atomic E-state index is -0.482. The lowest BCUT2D eigenvalue weighted by Crippen LogP contribution is -2.38. The Morgan fingerprint density at radius 2 is 2.26 bits per heavy atom. The van der Waals surface area contributed by atoms with Crippen LogP contribution in [0.25, 0.3) is 0 Å². The van der Waals surface area contributed by atoms with E-state index in [2.05, 4.69) is 24.0 Å². The van der Waals surface area contributed by atoms with Crippen LogP contribution in [0.1, 0.15) is 38.2 Å². The molecule has 2 unspecified atom stereocenters. The van der Waals surface area contributed by atoms with Crippen LogP contribution < -0.4 is 0 Å². The van der Waals surface area contributed by atoms with Crippen LogP contribution in [-0.4, -0.2) is 34.7 Å². The predicted molar refractivity (Wildman–Crippen MR) is 75.1 cm³/mol. The molecular weight excluding hydrogens is 262 g/mol. The van der Waals surface area contributed by atoms with Crippen molar-refractivity contribution in [3.8, 4) is 0 Å². The van der Waals surface area contributed by atoms with E-state index in [0.29, 0.717) is 12.3 Å². The lowest BCUT2D eigenvalue weighted by Gasteiger charge is -2.25. The first-order valence-corrected chi connectivity index (χ1v) is 7.27. The monoisotopic (exact) mass is 281 g/mol. The van der Waals surface area contributed by atoms with Crippen LogP contribution in [0.3, 0.4) is 0 Å². The lowest BCUT2D eigenvalue weighted by atomic mass is 10.0. The summed E-state index contributed by atoms with van der Waals surface area (Å²) in [6.45, 7) is 6.07. The molecule has 0 N–H and O–H groups in total. The molecule has 0 aromatic carbocycles. The second-order valence-corrected chi connectivity index (χ2v) is 5.96. The van der Waals surface area contributed by atoms with Crippen molar-refractivity contribution < 1.29 is 9.63 Å². The number of likely N-dealkylation sites (N-methyl/N-ethyl adjacent to an activating group) is 1. The first kappa shape index (κ1) is 14.0. The third kappa shape index (κ3) is 2.94. The minimum absolute atomic E-state index is 0.0397. The van der Waals surface area contributed by atoms with Gasteiger partial charge in [0.15, 0.2) is 0 Å². The Balaban J connectivity index is 1.98. The zero-order valence-corrected chi connectivity index (χ0v) is 12.5. The highest BCUT2D eigenvalue weighted by molar-refractivity contribution is 7.09. The molecule has 104 valence electrons. The smallest absolute Gasteiger partial charge is 0.267 e. The molecule has 1 aromatic rings. The van der Waals surface area contributed by atoms with E-state index < -0.39 is 6.10 Å². The topological polar surface area (TPSA) is 54.8 Å². The van der Waals surface area contributed by atoms with Gasteiger partial charge in [-0.2, -0.15) is 0 Å². The molecule has 19 heavy (non-hydrogen) atoms. The maximum atomic E-state index is 12.4. The standard InChI is InChI=1S/C13H19N3O2S/c1-8(2)10-7-11(18-15-10)13(17)16(4)9(3)12-14-5-6-19-12/h5-6,8-9,11H,7H2,1-4H3. The van der Waals surface area contributed by atoms with Gasteiger partial charge in [-0.05, 0) is 12.8 Å². The Kier molecular flexibility index (Phi) is 4.19. The van der Waals surface area contributed by atoms with E-state index in [4.69, 9.17) is 4.84 Å². The van der Waals surface area contributed by atoms with Crippen molar-refractivity contribution in [2.75, 3.05) is 7.05 Å². The van der Waals surface area contributed by atoms with Crippen molar-refractivity contribution in [3.63, 3.8) is 0 Å². The first-order chi connectivity index (χ1) is 9.00. The quantitative estimate of drug-likeness (QED) is 0.852. The zero-order chi connectivity index (χ0) is 14.0. The van der Waals surface area contributed by atoms with Gasteiger partial charge >= 0.3 is 0 Å². The van der Waals surface area contributed by atoms with Crippen molar-refractivity contribution in [2.45, 2.75) is 39.3 Å². The van der Waals surface area contributed by atoms with Crippen LogP contribution in [0, 0.1) is 5.92 Å². The Morgan fingerprint density at radius 1 is 1.53 bits per heavy atom. The number of carbonyl (C=O) groups is 1. The Bertz CT molecular complexity index is 470. The summed E-state index contributed by atoms with van der Waals surface area (Å²) in [6, 6.07) is -0.0424.